The summed E-state index contributed by atoms with van der Waals surface area (Å²) >= 11 is 2.34. The maximum Gasteiger partial charge on any atom is 0.294 e. The summed E-state index contributed by atoms with van der Waals surface area (Å²) in [6.07, 6.45) is 1.68. The van der Waals surface area contributed by atoms with Crippen molar-refractivity contribution in [3.8, 4) is 0 Å². The highest BCUT2D eigenvalue weighted by Gasteiger charge is 2.36. The summed E-state index contributed by atoms with van der Waals surface area (Å²) in [6.45, 7) is 3.50. The Balaban J connectivity index is 1.71. The lowest BCUT2D eigenvalue weighted by Crippen LogP contribution is -2.36. The predicted molar refractivity (Wildman–Crippen MR) is 102 cm³/mol. The Morgan fingerprint density at radius 1 is 1.16 bits per heavy atom. The molecule has 3 amide bonds. The van der Waals surface area contributed by atoms with E-state index in [1.54, 1.807) is 6.08 Å². The van der Waals surface area contributed by atoms with E-state index in [1.807, 2.05) is 49.6 Å². The lowest BCUT2D eigenvalue weighted by Gasteiger charge is -2.15. The van der Waals surface area contributed by atoms with Crippen molar-refractivity contribution in [3.63, 3.8) is 0 Å². The zero-order valence-corrected chi connectivity index (χ0v) is 15.4. The molecule has 0 atom stereocenters. The van der Waals surface area contributed by atoms with E-state index in [0.29, 0.717) is 10.6 Å². The first-order chi connectivity index (χ1) is 12.0. The first-order valence-corrected chi connectivity index (χ1v) is 9.30. The van der Waals surface area contributed by atoms with Gasteiger partial charge in [0.15, 0.2) is 0 Å². The number of hydrogen-bond acceptors (Lipinski definition) is 5. The molecule has 1 N–H and O–H groups in total. The van der Waals surface area contributed by atoms with Crippen LogP contribution in [0.3, 0.4) is 0 Å². The van der Waals surface area contributed by atoms with Gasteiger partial charge in [-0.2, -0.15) is 0 Å². The molecule has 1 aromatic carbocycles. The third-order valence-corrected chi connectivity index (χ3v) is 5.46. The third-order valence-electron chi connectivity index (χ3n) is 3.74. The number of carbonyl (C=O) groups is 3. The van der Waals surface area contributed by atoms with Crippen LogP contribution in [0, 0.1) is 13.8 Å². The predicted octanol–water partition coefficient (Wildman–Crippen LogP) is 4.04. The normalized spacial score (nSPS) is 15.9. The molecule has 0 radical (unpaired) electrons. The Hall–Kier alpha value is -2.38. The molecule has 128 valence electrons. The van der Waals surface area contributed by atoms with Crippen LogP contribution in [-0.2, 0) is 9.59 Å². The summed E-state index contributed by atoms with van der Waals surface area (Å²) in [5.74, 6) is -0.822. The molecular formula is C18H16N2O3S2. The Labute approximate surface area is 153 Å². The van der Waals surface area contributed by atoms with Gasteiger partial charge in [0.1, 0.15) is 6.54 Å². The van der Waals surface area contributed by atoms with E-state index in [-0.39, 0.29) is 6.54 Å². The average Bonchev–Trinajstić information content (AvgIpc) is 3.16. The van der Waals surface area contributed by atoms with Crippen LogP contribution >= 0.6 is 23.1 Å². The quantitative estimate of drug-likeness (QED) is 0.823. The van der Waals surface area contributed by atoms with Crippen molar-refractivity contribution in [2.45, 2.75) is 13.8 Å². The van der Waals surface area contributed by atoms with Crippen LogP contribution < -0.4 is 5.32 Å². The summed E-state index contributed by atoms with van der Waals surface area (Å²) < 4.78 is 0. The SMILES string of the molecule is Cc1cccc(C)c1NC(=O)CN1C(=O)SC(=Cc2cccs2)C1=O. The molecule has 1 aliphatic rings. The van der Waals surface area contributed by atoms with E-state index in [1.165, 1.54) is 11.3 Å². The van der Waals surface area contributed by atoms with Crippen LogP contribution in [0.15, 0.2) is 40.6 Å². The van der Waals surface area contributed by atoms with Gasteiger partial charge in [0, 0.05) is 10.6 Å². The van der Waals surface area contributed by atoms with Gasteiger partial charge in [-0.25, -0.2) is 0 Å². The molecule has 1 aliphatic heterocycles. The summed E-state index contributed by atoms with van der Waals surface area (Å²) in [5, 5.41) is 4.27. The van der Waals surface area contributed by atoms with Crippen molar-refractivity contribution in [1.29, 1.82) is 0 Å². The monoisotopic (exact) mass is 372 g/mol. The van der Waals surface area contributed by atoms with Gasteiger partial charge in [0.05, 0.1) is 4.91 Å². The van der Waals surface area contributed by atoms with Crippen molar-refractivity contribution < 1.29 is 14.4 Å². The van der Waals surface area contributed by atoms with Crippen LogP contribution in [0.4, 0.5) is 10.5 Å². The number of nitrogens with one attached hydrogen (secondary N) is 1. The van der Waals surface area contributed by atoms with E-state index in [2.05, 4.69) is 5.32 Å². The van der Waals surface area contributed by atoms with Crippen LogP contribution in [0.1, 0.15) is 16.0 Å². The molecule has 2 aromatic rings. The van der Waals surface area contributed by atoms with Gasteiger partial charge in [-0.05, 0) is 54.3 Å². The number of hydrogen-bond donors (Lipinski definition) is 1. The van der Waals surface area contributed by atoms with Crippen molar-refractivity contribution in [1.82, 2.24) is 4.90 Å². The number of amides is 3. The Kier molecular flexibility index (Phi) is 5.06. The lowest BCUT2D eigenvalue weighted by atomic mass is 10.1. The maximum atomic E-state index is 12.4. The second kappa shape index (κ2) is 7.25. The van der Waals surface area contributed by atoms with E-state index in [0.717, 1.165) is 32.7 Å². The summed E-state index contributed by atoms with van der Waals surface area (Å²) in [4.78, 5) is 39.0. The molecule has 2 heterocycles. The Morgan fingerprint density at radius 3 is 2.52 bits per heavy atom. The molecule has 7 heteroatoms. The van der Waals surface area contributed by atoms with Gasteiger partial charge in [-0.1, -0.05) is 24.3 Å². The fourth-order valence-corrected chi connectivity index (χ4v) is 4.03. The molecule has 25 heavy (non-hydrogen) atoms. The number of carbonyl (C=O) groups excluding carboxylic acids is 3. The first-order valence-electron chi connectivity index (χ1n) is 7.60. The van der Waals surface area contributed by atoms with E-state index in [4.69, 9.17) is 0 Å². The fourth-order valence-electron chi connectivity index (χ4n) is 2.47. The minimum absolute atomic E-state index is 0.291. The zero-order valence-electron chi connectivity index (χ0n) is 13.7. The van der Waals surface area contributed by atoms with Crippen LogP contribution in [-0.4, -0.2) is 28.5 Å². The highest BCUT2D eigenvalue weighted by molar-refractivity contribution is 8.18. The van der Waals surface area contributed by atoms with Gasteiger partial charge < -0.3 is 5.32 Å². The highest BCUT2D eigenvalue weighted by Crippen LogP contribution is 2.32. The van der Waals surface area contributed by atoms with Gasteiger partial charge in [-0.3, -0.25) is 19.3 Å². The van der Waals surface area contributed by atoms with Gasteiger partial charge >= 0.3 is 0 Å². The lowest BCUT2D eigenvalue weighted by molar-refractivity contribution is -0.127. The molecular weight excluding hydrogens is 356 g/mol. The number of thioether (sulfide) groups is 1. The summed E-state index contributed by atoms with van der Waals surface area (Å²) in [7, 11) is 0. The van der Waals surface area contributed by atoms with E-state index < -0.39 is 17.1 Å². The number of para-hydroxylation sites is 1. The number of aryl methyl sites for hydroxylation is 2. The second-order valence-corrected chi connectivity index (χ2v) is 7.57. The molecule has 0 aliphatic carbocycles. The van der Waals surface area contributed by atoms with Crippen LogP contribution in [0.5, 0.6) is 0 Å². The van der Waals surface area contributed by atoms with Gasteiger partial charge in [-0.15, -0.1) is 11.3 Å². The van der Waals surface area contributed by atoms with Gasteiger partial charge in [0.2, 0.25) is 5.91 Å². The minimum Gasteiger partial charge on any atom is -0.324 e. The molecule has 1 fully saturated rings. The smallest absolute Gasteiger partial charge is 0.294 e. The second-order valence-electron chi connectivity index (χ2n) is 5.60. The standard InChI is InChI=1S/C18H16N2O3S2/c1-11-5-3-6-12(2)16(11)19-15(21)10-20-17(22)14(25-18(20)23)9-13-7-4-8-24-13/h3-9H,10H2,1-2H3,(H,19,21). The summed E-state index contributed by atoms with van der Waals surface area (Å²) in [5.41, 5.74) is 2.58. The van der Waals surface area contributed by atoms with E-state index in [9.17, 15) is 14.4 Å². The Bertz CT molecular complexity index is 852. The van der Waals surface area contributed by atoms with Crippen LogP contribution in [0.25, 0.3) is 6.08 Å². The molecule has 3 rings (SSSR count). The number of imide groups is 1. The highest BCUT2D eigenvalue weighted by atomic mass is 32.2. The van der Waals surface area contributed by atoms with Crippen molar-refractivity contribution in [2.75, 3.05) is 11.9 Å². The topological polar surface area (TPSA) is 66.5 Å². The molecule has 0 bridgehead atoms. The molecule has 1 aromatic heterocycles. The molecule has 5 nitrogen and oxygen atoms in total. The maximum absolute atomic E-state index is 12.4. The molecule has 0 saturated carbocycles. The first kappa shape index (κ1) is 17.4. The van der Waals surface area contributed by atoms with Crippen molar-refractivity contribution in [2.24, 2.45) is 0 Å². The molecule has 0 unspecified atom stereocenters. The number of thiophene rings is 1. The number of anilines is 1. The Morgan fingerprint density at radius 2 is 1.88 bits per heavy atom. The van der Waals surface area contributed by atoms with Crippen molar-refractivity contribution >= 4 is 51.9 Å². The van der Waals surface area contributed by atoms with Crippen molar-refractivity contribution in [3.05, 3.63) is 56.6 Å². The van der Waals surface area contributed by atoms with Crippen LogP contribution in [0.2, 0.25) is 0 Å². The number of nitrogens with zero attached hydrogens (tertiary/aromatic N) is 1. The molecule has 1 saturated heterocycles. The van der Waals surface area contributed by atoms with Gasteiger partial charge in [0.25, 0.3) is 11.1 Å². The number of benzene rings is 1. The fraction of sp³-hybridized carbons (Fsp3) is 0.167. The third kappa shape index (κ3) is 3.83. The zero-order chi connectivity index (χ0) is 18.0. The summed E-state index contributed by atoms with van der Waals surface area (Å²) in [6, 6.07) is 9.44. The largest absolute Gasteiger partial charge is 0.324 e. The minimum atomic E-state index is -0.431. The van der Waals surface area contributed by atoms with E-state index >= 15 is 0 Å². The molecule has 0 spiro atoms. The number of rotatable bonds is 4. The average molecular weight is 372 g/mol.